The molecule has 2 N–H and O–H groups in total. The Hall–Kier alpha value is 0.270. The lowest BCUT2D eigenvalue weighted by molar-refractivity contribution is 0.131. The fraction of sp³-hybridized carbons (Fsp3) is 1.00. The third-order valence-electron chi connectivity index (χ3n) is 3.46. The van der Waals surface area contributed by atoms with Gasteiger partial charge in [-0.2, -0.15) is 11.8 Å². The van der Waals surface area contributed by atoms with Crippen LogP contribution < -0.4 is 5.32 Å². The Morgan fingerprint density at radius 1 is 1.44 bits per heavy atom. The summed E-state index contributed by atoms with van der Waals surface area (Å²) in [6.45, 7) is 9.72. The Kier molecular flexibility index (Phi) is 5.62. The van der Waals surface area contributed by atoms with Crippen molar-refractivity contribution in [3.8, 4) is 0 Å². The van der Waals surface area contributed by atoms with Crippen molar-refractivity contribution >= 4 is 11.8 Å². The van der Waals surface area contributed by atoms with Gasteiger partial charge in [-0.1, -0.05) is 27.7 Å². The van der Waals surface area contributed by atoms with E-state index >= 15 is 0 Å². The third kappa shape index (κ3) is 4.64. The fourth-order valence-corrected chi connectivity index (χ4v) is 3.82. The van der Waals surface area contributed by atoms with Crippen molar-refractivity contribution in [2.45, 2.75) is 52.7 Å². The minimum Gasteiger partial charge on any atom is -0.392 e. The molecular weight excluding hydrogens is 218 g/mol. The minimum atomic E-state index is -0.192. The topological polar surface area (TPSA) is 32.3 Å². The van der Waals surface area contributed by atoms with Crippen molar-refractivity contribution in [2.24, 2.45) is 11.3 Å². The van der Waals surface area contributed by atoms with E-state index in [0.29, 0.717) is 17.4 Å². The molecule has 0 bridgehead atoms. The smallest absolute Gasteiger partial charge is 0.0667 e. The van der Waals surface area contributed by atoms with Crippen LogP contribution in [0.25, 0.3) is 0 Å². The lowest BCUT2D eigenvalue weighted by atomic mass is 9.82. The van der Waals surface area contributed by atoms with Crippen LogP contribution in [0, 0.1) is 11.3 Å². The van der Waals surface area contributed by atoms with E-state index < -0.39 is 0 Å². The van der Waals surface area contributed by atoms with Gasteiger partial charge in [0, 0.05) is 18.3 Å². The zero-order valence-corrected chi connectivity index (χ0v) is 11.9. The van der Waals surface area contributed by atoms with Gasteiger partial charge in [0.2, 0.25) is 0 Å². The van der Waals surface area contributed by atoms with Gasteiger partial charge in [-0.3, -0.25) is 0 Å². The van der Waals surface area contributed by atoms with Gasteiger partial charge in [0.05, 0.1) is 6.10 Å². The highest BCUT2D eigenvalue weighted by Crippen LogP contribution is 2.34. The molecule has 0 aromatic carbocycles. The number of thioether (sulfide) groups is 1. The van der Waals surface area contributed by atoms with E-state index in [4.69, 9.17) is 0 Å². The number of rotatable bonds is 5. The molecule has 0 spiro atoms. The highest BCUT2D eigenvalue weighted by atomic mass is 32.2. The summed E-state index contributed by atoms with van der Waals surface area (Å²) in [4.78, 5) is 0. The van der Waals surface area contributed by atoms with Crippen LogP contribution >= 0.6 is 11.8 Å². The van der Waals surface area contributed by atoms with Gasteiger partial charge in [0.15, 0.2) is 0 Å². The Morgan fingerprint density at radius 2 is 2.12 bits per heavy atom. The molecule has 3 heteroatoms. The predicted octanol–water partition coefficient (Wildman–Crippen LogP) is 2.51. The predicted molar refractivity (Wildman–Crippen MR) is 73.0 cm³/mol. The lowest BCUT2D eigenvalue weighted by Gasteiger charge is -2.39. The Morgan fingerprint density at radius 3 is 2.69 bits per heavy atom. The molecule has 0 aromatic heterocycles. The van der Waals surface area contributed by atoms with Gasteiger partial charge in [-0.05, 0) is 29.9 Å². The van der Waals surface area contributed by atoms with E-state index in [2.05, 4.69) is 33.0 Å². The van der Waals surface area contributed by atoms with Crippen molar-refractivity contribution in [1.82, 2.24) is 5.32 Å². The van der Waals surface area contributed by atoms with Crippen molar-refractivity contribution < 1.29 is 5.11 Å². The normalized spacial score (nSPS) is 27.0. The van der Waals surface area contributed by atoms with Crippen LogP contribution in [0.4, 0.5) is 0 Å². The molecule has 2 nitrogen and oxygen atoms in total. The van der Waals surface area contributed by atoms with Gasteiger partial charge in [0.25, 0.3) is 0 Å². The SMILES string of the molecule is CC(C)CC(O)CNC1CSCCC1(C)C. The van der Waals surface area contributed by atoms with Crippen LogP contribution in [-0.2, 0) is 0 Å². The number of aliphatic hydroxyl groups is 1. The summed E-state index contributed by atoms with van der Waals surface area (Å²) in [6, 6.07) is 0.549. The molecule has 0 aliphatic carbocycles. The molecular formula is C13H27NOS. The molecule has 1 heterocycles. The number of hydrogen-bond donors (Lipinski definition) is 2. The molecule has 1 fully saturated rings. The average Bonchev–Trinajstić information content (AvgIpc) is 2.14. The standard InChI is InChI=1S/C13H27NOS/c1-10(2)7-11(15)8-14-12-9-16-6-5-13(12,3)4/h10-12,14-15H,5-9H2,1-4H3. The van der Waals surface area contributed by atoms with E-state index in [0.717, 1.165) is 13.0 Å². The molecule has 2 unspecified atom stereocenters. The van der Waals surface area contributed by atoms with Crippen LogP contribution in [-0.4, -0.2) is 35.3 Å². The molecule has 1 rings (SSSR count). The second kappa shape index (κ2) is 6.27. The summed E-state index contributed by atoms with van der Waals surface area (Å²) in [5, 5.41) is 13.4. The Bertz CT molecular complexity index is 206. The van der Waals surface area contributed by atoms with Crippen LogP contribution in [0.1, 0.15) is 40.5 Å². The zero-order chi connectivity index (χ0) is 12.2. The van der Waals surface area contributed by atoms with Crippen LogP contribution in [0.2, 0.25) is 0 Å². The molecule has 1 saturated heterocycles. The summed E-state index contributed by atoms with van der Waals surface area (Å²) >= 11 is 2.03. The molecule has 0 aromatic rings. The van der Waals surface area contributed by atoms with Crippen molar-refractivity contribution in [1.29, 1.82) is 0 Å². The van der Waals surface area contributed by atoms with Crippen molar-refractivity contribution in [3.05, 3.63) is 0 Å². The first-order valence-corrected chi connectivity index (χ1v) is 7.56. The molecule has 1 aliphatic heterocycles. The quantitative estimate of drug-likeness (QED) is 0.780. The maximum Gasteiger partial charge on any atom is 0.0667 e. The first-order valence-electron chi connectivity index (χ1n) is 6.41. The molecule has 2 atom stereocenters. The monoisotopic (exact) mass is 245 g/mol. The van der Waals surface area contributed by atoms with Gasteiger partial charge in [0.1, 0.15) is 0 Å². The maximum absolute atomic E-state index is 9.85. The lowest BCUT2D eigenvalue weighted by Crippen LogP contribution is -2.48. The highest BCUT2D eigenvalue weighted by molar-refractivity contribution is 7.99. The fourth-order valence-electron chi connectivity index (χ4n) is 2.18. The minimum absolute atomic E-state index is 0.192. The summed E-state index contributed by atoms with van der Waals surface area (Å²) in [5.41, 5.74) is 0.378. The molecule has 0 radical (unpaired) electrons. The summed E-state index contributed by atoms with van der Waals surface area (Å²) in [5.74, 6) is 3.03. The molecule has 1 aliphatic rings. The average molecular weight is 245 g/mol. The molecule has 16 heavy (non-hydrogen) atoms. The van der Waals surface area contributed by atoms with Crippen LogP contribution in [0.3, 0.4) is 0 Å². The maximum atomic E-state index is 9.85. The molecule has 0 saturated carbocycles. The first kappa shape index (κ1) is 14.3. The number of nitrogens with one attached hydrogen (secondary N) is 1. The Labute approximate surface area is 105 Å². The highest BCUT2D eigenvalue weighted by Gasteiger charge is 2.32. The van der Waals surface area contributed by atoms with Gasteiger partial charge in [-0.25, -0.2) is 0 Å². The van der Waals surface area contributed by atoms with Gasteiger partial charge < -0.3 is 10.4 Å². The second-order valence-corrected chi connectivity index (χ2v) is 7.21. The number of aliphatic hydroxyl groups excluding tert-OH is 1. The van der Waals surface area contributed by atoms with Crippen LogP contribution in [0.5, 0.6) is 0 Å². The Balaban J connectivity index is 2.30. The third-order valence-corrected chi connectivity index (χ3v) is 4.52. The first-order chi connectivity index (χ1) is 7.42. The number of hydrogen-bond acceptors (Lipinski definition) is 3. The molecule has 96 valence electrons. The van der Waals surface area contributed by atoms with E-state index in [1.54, 1.807) is 0 Å². The largest absolute Gasteiger partial charge is 0.392 e. The summed E-state index contributed by atoms with van der Waals surface area (Å²) in [6.07, 6.45) is 1.98. The van der Waals surface area contributed by atoms with E-state index in [-0.39, 0.29) is 6.10 Å². The van der Waals surface area contributed by atoms with E-state index in [9.17, 15) is 5.11 Å². The molecule has 0 amide bonds. The second-order valence-electron chi connectivity index (χ2n) is 6.06. The van der Waals surface area contributed by atoms with Gasteiger partial charge in [-0.15, -0.1) is 0 Å². The van der Waals surface area contributed by atoms with Crippen molar-refractivity contribution in [2.75, 3.05) is 18.1 Å². The van der Waals surface area contributed by atoms with Gasteiger partial charge >= 0.3 is 0 Å². The summed E-state index contributed by atoms with van der Waals surface area (Å²) in [7, 11) is 0. The zero-order valence-electron chi connectivity index (χ0n) is 11.1. The van der Waals surface area contributed by atoms with Crippen LogP contribution in [0.15, 0.2) is 0 Å². The summed E-state index contributed by atoms with van der Waals surface area (Å²) < 4.78 is 0. The van der Waals surface area contributed by atoms with E-state index in [1.165, 1.54) is 17.9 Å². The van der Waals surface area contributed by atoms with Crippen molar-refractivity contribution in [3.63, 3.8) is 0 Å². The van der Waals surface area contributed by atoms with E-state index in [1.807, 2.05) is 11.8 Å².